The number of halogens is 2. The number of carbonyl (C=O) groups excluding carboxylic acids is 2. The van der Waals surface area contributed by atoms with Crippen molar-refractivity contribution >= 4 is 27.7 Å². The van der Waals surface area contributed by atoms with Gasteiger partial charge < -0.3 is 10.2 Å². The maximum absolute atomic E-state index is 13.1. The standard InChI is InChI=1S/C22H26BrFN2O2/c1-3-4-12-25-22(28)16(2)26(15-18-6-5-7-19(23)13-18)21(27)14-17-8-10-20(24)11-9-17/h5-11,13,16H,3-4,12,14-15H2,1-2H3,(H,25,28). The number of hydrogen-bond acceptors (Lipinski definition) is 2. The number of unbranched alkanes of at least 4 members (excludes halogenated alkanes) is 1. The van der Waals surface area contributed by atoms with Crippen molar-refractivity contribution in [1.82, 2.24) is 10.2 Å². The van der Waals surface area contributed by atoms with E-state index in [1.54, 1.807) is 24.0 Å². The highest BCUT2D eigenvalue weighted by molar-refractivity contribution is 9.10. The highest BCUT2D eigenvalue weighted by Gasteiger charge is 2.26. The first kappa shape index (κ1) is 22.1. The summed E-state index contributed by atoms with van der Waals surface area (Å²) in [5.41, 5.74) is 1.64. The Hall–Kier alpha value is -2.21. The van der Waals surface area contributed by atoms with Crippen LogP contribution in [0.4, 0.5) is 4.39 Å². The normalized spacial score (nSPS) is 11.7. The molecule has 0 spiro atoms. The summed E-state index contributed by atoms with van der Waals surface area (Å²) in [7, 11) is 0. The van der Waals surface area contributed by atoms with E-state index in [2.05, 4.69) is 28.2 Å². The van der Waals surface area contributed by atoms with Gasteiger partial charge in [0.05, 0.1) is 6.42 Å². The van der Waals surface area contributed by atoms with E-state index in [0.29, 0.717) is 18.7 Å². The molecule has 0 heterocycles. The molecule has 0 aliphatic carbocycles. The van der Waals surface area contributed by atoms with Gasteiger partial charge >= 0.3 is 0 Å². The van der Waals surface area contributed by atoms with Gasteiger partial charge in [-0.2, -0.15) is 0 Å². The van der Waals surface area contributed by atoms with Crippen molar-refractivity contribution in [3.8, 4) is 0 Å². The second-order valence-electron chi connectivity index (χ2n) is 6.78. The molecule has 2 amide bonds. The van der Waals surface area contributed by atoms with Crippen molar-refractivity contribution in [3.05, 3.63) is 69.9 Å². The lowest BCUT2D eigenvalue weighted by molar-refractivity contribution is -0.140. The summed E-state index contributed by atoms with van der Waals surface area (Å²) in [6.45, 7) is 4.71. The van der Waals surface area contributed by atoms with E-state index in [4.69, 9.17) is 0 Å². The number of hydrogen-bond donors (Lipinski definition) is 1. The maximum Gasteiger partial charge on any atom is 0.242 e. The molecule has 4 nitrogen and oxygen atoms in total. The van der Waals surface area contributed by atoms with Crippen LogP contribution in [0.5, 0.6) is 0 Å². The minimum atomic E-state index is -0.608. The van der Waals surface area contributed by atoms with Gasteiger partial charge in [0.1, 0.15) is 11.9 Å². The number of carbonyl (C=O) groups is 2. The molecule has 1 unspecified atom stereocenters. The molecule has 2 aromatic carbocycles. The molecule has 0 radical (unpaired) electrons. The number of nitrogens with one attached hydrogen (secondary N) is 1. The van der Waals surface area contributed by atoms with Gasteiger partial charge in [0.15, 0.2) is 0 Å². The summed E-state index contributed by atoms with van der Waals surface area (Å²) in [5.74, 6) is -0.688. The van der Waals surface area contributed by atoms with Gasteiger partial charge in [-0.3, -0.25) is 9.59 Å². The Bertz CT molecular complexity index is 795. The van der Waals surface area contributed by atoms with Crippen molar-refractivity contribution in [3.63, 3.8) is 0 Å². The van der Waals surface area contributed by atoms with Gasteiger partial charge in [-0.15, -0.1) is 0 Å². The van der Waals surface area contributed by atoms with Gasteiger partial charge in [-0.05, 0) is 48.7 Å². The fraction of sp³-hybridized carbons (Fsp3) is 0.364. The second-order valence-corrected chi connectivity index (χ2v) is 7.69. The van der Waals surface area contributed by atoms with Crippen molar-refractivity contribution < 1.29 is 14.0 Å². The van der Waals surface area contributed by atoms with Gasteiger partial charge in [0.25, 0.3) is 0 Å². The summed E-state index contributed by atoms with van der Waals surface area (Å²) in [6, 6.07) is 12.9. The molecular formula is C22H26BrFN2O2. The summed E-state index contributed by atoms with van der Waals surface area (Å²) in [4.78, 5) is 27.1. The average Bonchev–Trinajstić information content (AvgIpc) is 2.67. The number of amides is 2. The third-order valence-corrected chi connectivity index (χ3v) is 5.00. The molecule has 0 aliphatic rings. The molecule has 0 saturated carbocycles. The zero-order valence-electron chi connectivity index (χ0n) is 16.3. The highest BCUT2D eigenvalue weighted by atomic mass is 79.9. The van der Waals surface area contributed by atoms with Crippen LogP contribution in [-0.4, -0.2) is 29.3 Å². The van der Waals surface area contributed by atoms with E-state index in [9.17, 15) is 14.0 Å². The van der Waals surface area contributed by atoms with Crippen LogP contribution in [0.25, 0.3) is 0 Å². The summed E-state index contributed by atoms with van der Waals surface area (Å²) in [5, 5.41) is 2.90. The predicted molar refractivity (Wildman–Crippen MR) is 112 cm³/mol. The molecule has 1 N–H and O–H groups in total. The first-order valence-electron chi connectivity index (χ1n) is 9.46. The Morgan fingerprint density at radius 1 is 1.14 bits per heavy atom. The van der Waals surface area contributed by atoms with Gasteiger partial charge in [-0.25, -0.2) is 4.39 Å². The molecule has 150 valence electrons. The molecule has 0 saturated heterocycles. The monoisotopic (exact) mass is 448 g/mol. The van der Waals surface area contributed by atoms with Crippen LogP contribution in [0.1, 0.15) is 37.8 Å². The zero-order valence-corrected chi connectivity index (χ0v) is 17.8. The largest absolute Gasteiger partial charge is 0.354 e. The first-order valence-corrected chi connectivity index (χ1v) is 10.3. The molecule has 1 atom stereocenters. The van der Waals surface area contributed by atoms with E-state index in [0.717, 1.165) is 22.9 Å². The van der Waals surface area contributed by atoms with Crippen LogP contribution in [0.3, 0.4) is 0 Å². The van der Waals surface area contributed by atoms with Crippen molar-refractivity contribution in [1.29, 1.82) is 0 Å². The molecule has 28 heavy (non-hydrogen) atoms. The minimum Gasteiger partial charge on any atom is -0.354 e. The summed E-state index contributed by atoms with van der Waals surface area (Å²) in [6.07, 6.45) is 1.99. The zero-order chi connectivity index (χ0) is 20.5. The molecule has 0 bridgehead atoms. The lowest BCUT2D eigenvalue weighted by Gasteiger charge is -2.29. The molecule has 2 aromatic rings. The first-order chi connectivity index (χ1) is 13.4. The fourth-order valence-electron chi connectivity index (χ4n) is 2.83. The second kappa shape index (κ2) is 11.0. The SMILES string of the molecule is CCCCNC(=O)C(C)N(Cc1cccc(Br)c1)C(=O)Cc1ccc(F)cc1. The smallest absolute Gasteiger partial charge is 0.242 e. The fourth-order valence-corrected chi connectivity index (χ4v) is 3.28. The molecule has 0 fully saturated rings. The Kier molecular flexibility index (Phi) is 8.64. The lowest BCUT2D eigenvalue weighted by Crippen LogP contribution is -2.48. The van der Waals surface area contributed by atoms with Crippen LogP contribution in [0.2, 0.25) is 0 Å². The van der Waals surface area contributed by atoms with Crippen molar-refractivity contribution in [2.24, 2.45) is 0 Å². The Labute approximate surface area is 174 Å². The van der Waals surface area contributed by atoms with Crippen molar-refractivity contribution in [2.75, 3.05) is 6.54 Å². The predicted octanol–water partition coefficient (Wildman–Crippen LogP) is 4.46. The maximum atomic E-state index is 13.1. The van der Waals surface area contributed by atoms with Crippen LogP contribution in [0, 0.1) is 5.82 Å². The van der Waals surface area contributed by atoms with Gasteiger partial charge in [0, 0.05) is 17.6 Å². The van der Waals surface area contributed by atoms with Crippen molar-refractivity contribution in [2.45, 2.75) is 45.7 Å². The number of nitrogens with zero attached hydrogens (tertiary/aromatic N) is 1. The minimum absolute atomic E-state index is 0.112. The van der Waals surface area contributed by atoms with Crippen LogP contribution < -0.4 is 5.32 Å². The van der Waals surface area contributed by atoms with Crippen LogP contribution in [0.15, 0.2) is 53.0 Å². The molecule has 0 aliphatic heterocycles. The number of rotatable bonds is 9. The van der Waals surface area contributed by atoms with Crippen LogP contribution >= 0.6 is 15.9 Å². The summed E-state index contributed by atoms with van der Waals surface area (Å²) >= 11 is 3.44. The quantitative estimate of drug-likeness (QED) is 0.575. The van der Waals surface area contributed by atoms with E-state index >= 15 is 0 Å². The van der Waals surface area contributed by atoms with Crippen LogP contribution in [-0.2, 0) is 22.6 Å². The van der Waals surface area contributed by atoms with Gasteiger partial charge in [0.2, 0.25) is 11.8 Å². The topological polar surface area (TPSA) is 49.4 Å². The number of benzene rings is 2. The molecule has 2 rings (SSSR count). The Morgan fingerprint density at radius 3 is 2.50 bits per heavy atom. The Balaban J connectivity index is 2.17. The highest BCUT2D eigenvalue weighted by Crippen LogP contribution is 2.16. The molecule has 6 heteroatoms. The third kappa shape index (κ3) is 6.75. The van der Waals surface area contributed by atoms with E-state index < -0.39 is 6.04 Å². The van der Waals surface area contributed by atoms with E-state index in [1.807, 2.05) is 24.3 Å². The molecular weight excluding hydrogens is 423 g/mol. The Morgan fingerprint density at radius 2 is 1.86 bits per heavy atom. The van der Waals surface area contributed by atoms with E-state index in [-0.39, 0.29) is 24.1 Å². The summed E-state index contributed by atoms with van der Waals surface area (Å²) < 4.78 is 14.0. The average molecular weight is 449 g/mol. The van der Waals surface area contributed by atoms with Gasteiger partial charge in [-0.1, -0.05) is 53.5 Å². The lowest BCUT2D eigenvalue weighted by atomic mass is 10.1. The molecule has 0 aromatic heterocycles. The van der Waals surface area contributed by atoms with E-state index in [1.165, 1.54) is 12.1 Å². The third-order valence-electron chi connectivity index (χ3n) is 4.51.